The van der Waals surface area contributed by atoms with E-state index in [1.165, 1.54) is 31.4 Å². The average molecular weight is 590 g/mol. The SMILES string of the molecule is COc1cc(/C=C2/SC(=O)N(Cc3ccc([N+](=O)[O-])cc3)C2=O)cc(Br)c1OCc1ccc(Cl)cc1. The normalized spacial score (nSPS) is 14.4. The van der Waals surface area contributed by atoms with Crippen LogP contribution < -0.4 is 9.47 Å². The number of thioether (sulfide) groups is 1. The lowest BCUT2D eigenvalue weighted by Crippen LogP contribution is -2.27. The predicted molar refractivity (Wildman–Crippen MR) is 141 cm³/mol. The molecule has 0 saturated carbocycles. The predicted octanol–water partition coefficient (Wildman–Crippen LogP) is 6.83. The Labute approximate surface area is 224 Å². The molecule has 0 atom stereocenters. The molecule has 184 valence electrons. The minimum absolute atomic E-state index is 0.0183. The van der Waals surface area contributed by atoms with Gasteiger partial charge in [-0.15, -0.1) is 0 Å². The zero-order valence-electron chi connectivity index (χ0n) is 18.8. The van der Waals surface area contributed by atoms with Gasteiger partial charge in [0.15, 0.2) is 11.5 Å². The molecule has 0 unspecified atom stereocenters. The number of rotatable bonds is 8. The second kappa shape index (κ2) is 11.2. The summed E-state index contributed by atoms with van der Waals surface area (Å²) in [6.45, 7) is 0.317. The molecule has 0 aromatic heterocycles. The Hall–Kier alpha value is -3.34. The van der Waals surface area contributed by atoms with Gasteiger partial charge in [0.05, 0.1) is 28.0 Å². The maximum absolute atomic E-state index is 12.9. The Morgan fingerprint density at radius 1 is 1.08 bits per heavy atom. The van der Waals surface area contributed by atoms with Gasteiger partial charge in [-0.2, -0.15) is 0 Å². The van der Waals surface area contributed by atoms with Gasteiger partial charge < -0.3 is 9.47 Å². The third-order valence-electron chi connectivity index (χ3n) is 5.21. The molecule has 0 spiro atoms. The van der Waals surface area contributed by atoms with E-state index in [1.807, 2.05) is 12.1 Å². The molecule has 0 aliphatic carbocycles. The maximum atomic E-state index is 12.9. The van der Waals surface area contributed by atoms with Crippen LogP contribution in [0.1, 0.15) is 16.7 Å². The van der Waals surface area contributed by atoms with Crippen molar-refractivity contribution in [2.45, 2.75) is 13.2 Å². The van der Waals surface area contributed by atoms with Gasteiger partial charge in [-0.3, -0.25) is 24.6 Å². The van der Waals surface area contributed by atoms with Gasteiger partial charge in [0.1, 0.15) is 6.61 Å². The number of methoxy groups -OCH3 is 1. The second-order valence-electron chi connectivity index (χ2n) is 7.64. The van der Waals surface area contributed by atoms with Crippen molar-refractivity contribution in [1.82, 2.24) is 4.90 Å². The molecule has 3 aromatic carbocycles. The van der Waals surface area contributed by atoms with Crippen LogP contribution in [-0.2, 0) is 17.9 Å². The molecule has 8 nitrogen and oxygen atoms in total. The van der Waals surface area contributed by atoms with Crippen LogP contribution in [0, 0.1) is 10.1 Å². The van der Waals surface area contributed by atoms with E-state index in [0.717, 1.165) is 22.2 Å². The number of benzene rings is 3. The van der Waals surface area contributed by atoms with Gasteiger partial charge in [-0.05, 0) is 74.7 Å². The Bertz CT molecular complexity index is 1360. The highest BCUT2D eigenvalue weighted by molar-refractivity contribution is 9.10. The molecule has 4 rings (SSSR count). The molecule has 2 amide bonds. The van der Waals surface area contributed by atoms with Gasteiger partial charge in [-0.1, -0.05) is 35.9 Å². The van der Waals surface area contributed by atoms with Crippen molar-refractivity contribution in [1.29, 1.82) is 0 Å². The highest BCUT2D eigenvalue weighted by Gasteiger charge is 2.35. The summed E-state index contributed by atoms with van der Waals surface area (Å²) in [6, 6.07) is 16.5. The second-order valence-corrected chi connectivity index (χ2v) is 9.92. The lowest BCUT2D eigenvalue weighted by Gasteiger charge is -2.14. The molecule has 36 heavy (non-hydrogen) atoms. The van der Waals surface area contributed by atoms with Crippen molar-refractivity contribution >= 4 is 62.2 Å². The molecule has 11 heteroatoms. The number of hydrogen-bond acceptors (Lipinski definition) is 7. The van der Waals surface area contributed by atoms with Gasteiger partial charge in [-0.25, -0.2) is 0 Å². The summed E-state index contributed by atoms with van der Waals surface area (Å²) < 4.78 is 12.1. The summed E-state index contributed by atoms with van der Waals surface area (Å²) in [6.07, 6.45) is 1.61. The molecule has 0 radical (unpaired) electrons. The smallest absolute Gasteiger partial charge is 0.293 e. The monoisotopic (exact) mass is 588 g/mol. The first-order chi connectivity index (χ1) is 17.2. The number of hydrogen-bond donors (Lipinski definition) is 0. The van der Waals surface area contributed by atoms with Crippen molar-refractivity contribution in [2.24, 2.45) is 0 Å². The average Bonchev–Trinajstić information content (AvgIpc) is 3.11. The summed E-state index contributed by atoms with van der Waals surface area (Å²) >= 11 is 10.3. The molecular formula is C25H18BrClN2O6S. The zero-order valence-corrected chi connectivity index (χ0v) is 21.9. The van der Waals surface area contributed by atoms with Crippen LogP contribution in [0.3, 0.4) is 0 Å². The number of non-ortho nitro benzene ring substituents is 1. The fourth-order valence-electron chi connectivity index (χ4n) is 3.39. The fraction of sp³-hybridized carbons (Fsp3) is 0.120. The van der Waals surface area contributed by atoms with Crippen LogP contribution in [0.15, 0.2) is 70.0 Å². The van der Waals surface area contributed by atoms with E-state index in [0.29, 0.717) is 38.7 Å². The third kappa shape index (κ3) is 5.89. The van der Waals surface area contributed by atoms with Crippen molar-refractivity contribution in [3.05, 3.63) is 102 Å². The van der Waals surface area contributed by atoms with Gasteiger partial charge in [0.25, 0.3) is 16.8 Å². The highest BCUT2D eigenvalue weighted by atomic mass is 79.9. The molecule has 3 aromatic rings. The van der Waals surface area contributed by atoms with E-state index < -0.39 is 16.1 Å². The minimum atomic E-state index is -0.507. The lowest BCUT2D eigenvalue weighted by molar-refractivity contribution is -0.384. The topological polar surface area (TPSA) is 99.0 Å². The summed E-state index contributed by atoms with van der Waals surface area (Å²) in [7, 11) is 1.51. The van der Waals surface area contributed by atoms with Crippen LogP contribution in [0.5, 0.6) is 11.5 Å². The Kier molecular flexibility index (Phi) is 7.97. The van der Waals surface area contributed by atoms with Crippen LogP contribution in [0.2, 0.25) is 5.02 Å². The van der Waals surface area contributed by atoms with Crippen molar-refractivity contribution < 1.29 is 24.0 Å². The largest absolute Gasteiger partial charge is 0.493 e. The number of nitrogens with zero attached hydrogens (tertiary/aromatic N) is 2. The van der Waals surface area contributed by atoms with E-state index in [9.17, 15) is 19.7 Å². The molecule has 1 saturated heterocycles. The first-order valence-electron chi connectivity index (χ1n) is 10.5. The summed E-state index contributed by atoms with van der Waals surface area (Å²) in [4.78, 5) is 37.1. The number of nitro benzene ring substituents is 1. The summed E-state index contributed by atoms with van der Waals surface area (Å²) in [5.74, 6) is 0.507. The van der Waals surface area contributed by atoms with E-state index in [4.69, 9.17) is 21.1 Å². The molecule has 0 N–H and O–H groups in total. The van der Waals surface area contributed by atoms with Crippen LogP contribution in [0.25, 0.3) is 6.08 Å². The highest BCUT2D eigenvalue weighted by Crippen LogP contribution is 2.39. The van der Waals surface area contributed by atoms with Crippen LogP contribution >= 0.6 is 39.3 Å². The standard InChI is InChI=1S/C25H18BrClN2O6S/c1-34-21-11-17(10-20(26)23(21)35-14-16-2-6-18(27)7-3-16)12-22-24(30)28(25(31)36-22)13-15-4-8-19(9-5-15)29(32)33/h2-12H,13-14H2,1H3/b22-12+. The number of amides is 2. The number of imide groups is 1. The Morgan fingerprint density at radius 2 is 1.75 bits per heavy atom. The molecular weight excluding hydrogens is 572 g/mol. The van der Waals surface area contributed by atoms with Crippen LogP contribution in [0.4, 0.5) is 10.5 Å². The van der Waals surface area contributed by atoms with Crippen molar-refractivity contribution in [3.8, 4) is 11.5 Å². The molecule has 1 aliphatic rings. The van der Waals surface area contributed by atoms with Crippen molar-refractivity contribution in [3.63, 3.8) is 0 Å². The number of nitro groups is 1. The van der Waals surface area contributed by atoms with E-state index in [1.54, 1.807) is 30.3 Å². The first kappa shape index (κ1) is 25.7. The molecule has 1 aliphatic heterocycles. The number of ether oxygens (including phenoxy) is 2. The van der Waals surface area contributed by atoms with E-state index in [2.05, 4.69) is 15.9 Å². The van der Waals surface area contributed by atoms with Gasteiger partial charge in [0.2, 0.25) is 0 Å². The molecule has 0 bridgehead atoms. The van der Waals surface area contributed by atoms with E-state index >= 15 is 0 Å². The maximum Gasteiger partial charge on any atom is 0.293 e. The Morgan fingerprint density at radius 3 is 2.39 bits per heavy atom. The molecule has 1 fully saturated rings. The number of carbonyl (C=O) groups is 2. The third-order valence-corrected chi connectivity index (χ3v) is 6.96. The quantitative estimate of drug-likeness (QED) is 0.161. The number of carbonyl (C=O) groups excluding carboxylic acids is 2. The van der Waals surface area contributed by atoms with Crippen LogP contribution in [-0.4, -0.2) is 28.1 Å². The minimum Gasteiger partial charge on any atom is -0.493 e. The van der Waals surface area contributed by atoms with E-state index in [-0.39, 0.29) is 17.1 Å². The van der Waals surface area contributed by atoms with Crippen molar-refractivity contribution in [2.75, 3.05) is 7.11 Å². The lowest BCUT2D eigenvalue weighted by atomic mass is 10.1. The number of halogens is 2. The fourth-order valence-corrected chi connectivity index (χ4v) is 4.93. The molecule has 1 heterocycles. The first-order valence-corrected chi connectivity index (χ1v) is 12.5. The zero-order chi connectivity index (χ0) is 25.8. The van der Waals surface area contributed by atoms with Gasteiger partial charge in [0, 0.05) is 17.2 Å². The summed E-state index contributed by atoms with van der Waals surface area (Å²) in [5, 5.41) is 11.1. The Balaban J connectivity index is 1.50. The van der Waals surface area contributed by atoms with Gasteiger partial charge >= 0.3 is 0 Å². The summed E-state index contributed by atoms with van der Waals surface area (Å²) in [5.41, 5.74) is 2.11.